The Kier molecular flexibility index (Phi) is 4.53. The van der Waals surface area contributed by atoms with Gasteiger partial charge in [0.25, 0.3) is 0 Å². The van der Waals surface area contributed by atoms with E-state index in [0.29, 0.717) is 12.1 Å². The molecule has 2 N–H and O–H groups in total. The number of aromatic nitrogens is 2. The third-order valence-electron chi connectivity index (χ3n) is 3.05. The summed E-state index contributed by atoms with van der Waals surface area (Å²) in [6.45, 7) is 7.36. The highest BCUT2D eigenvalue weighted by atomic mass is 15.1. The van der Waals surface area contributed by atoms with Crippen LogP contribution in [0.15, 0.2) is 6.20 Å². The molecule has 0 saturated heterocycles. The van der Waals surface area contributed by atoms with Crippen LogP contribution in [0, 0.1) is 0 Å². The van der Waals surface area contributed by atoms with Crippen molar-refractivity contribution in [2.75, 3.05) is 5.32 Å². The van der Waals surface area contributed by atoms with Gasteiger partial charge in [-0.05, 0) is 19.3 Å². The van der Waals surface area contributed by atoms with E-state index < -0.39 is 0 Å². The Labute approximate surface area is 110 Å². The van der Waals surface area contributed by atoms with Gasteiger partial charge in [0, 0.05) is 30.4 Å². The van der Waals surface area contributed by atoms with Crippen LogP contribution >= 0.6 is 0 Å². The molecule has 18 heavy (non-hydrogen) atoms. The topological polar surface area (TPSA) is 49.8 Å². The second kappa shape index (κ2) is 6.14. The lowest BCUT2D eigenvalue weighted by Gasteiger charge is -2.12. The predicted molar refractivity (Wildman–Crippen MR) is 74.6 cm³/mol. The van der Waals surface area contributed by atoms with E-state index in [1.165, 1.54) is 24.1 Å². The molecule has 1 saturated carbocycles. The standard InChI is InChI=1S/C14H24N4/c1-4-5-13-11(8-15-10(2)3)9-16-14(18-13)17-12-6-7-12/h9-10,12,15H,4-8H2,1-3H3,(H,16,17,18). The fourth-order valence-corrected chi connectivity index (χ4v) is 1.84. The van der Waals surface area contributed by atoms with Crippen LogP contribution in [0.3, 0.4) is 0 Å². The SMILES string of the molecule is CCCc1nc(NC2CC2)ncc1CNC(C)C. The summed E-state index contributed by atoms with van der Waals surface area (Å²) >= 11 is 0. The third kappa shape index (κ3) is 3.95. The maximum atomic E-state index is 4.66. The smallest absolute Gasteiger partial charge is 0.223 e. The van der Waals surface area contributed by atoms with Crippen molar-refractivity contribution in [2.24, 2.45) is 0 Å². The molecular weight excluding hydrogens is 224 g/mol. The molecule has 4 nitrogen and oxygen atoms in total. The number of anilines is 1. The minimum atomic E-state index is 0.490. The number of nitrogens with zero attached hydrogens (tertiary/aromatic N) is 2. The second-order valence-corrected chi connectivity index (χ2v) is 5.37. The Morgan fingerprint density at radius 1 is 1.39 bits per heavy atom. The molecule has 0 aromatic carbocycles. The van der Waals surface area contributed by atoms with Crippen molar-refractivity contribution in [3.05, 3.63) is 17.5 Å². The molecule has 0 aliphatic heterocycles. The van der Waals surface area contributed by atoms with Crippen molar-refractivity contribution in [2.45, 2.75) is 65.1 Å². The van der Waals surface area contributed by atoms with Crippen LogP contribution in [-0.2, 0) is 13.0 Å². The third-order valence-corrected chi connectivity index (χ3v) is 3.05. The van der Waals surface area contributed by atoms with Crippen LogP contribution in [0.1, 0.15) is 51.3 Å². The molecule has 1 fully saturated rings. The summed E-state index contributed by atoms with van der Waals surface area (Å²) in [5.41, 5.74) is 2.41. The Hall–Kier alpha value is -1.16. The van der Waals surface area contributed by atoms with Crippen molar-refractivity contribution < 1.29 is 0 Å². The van der Waals surface area contributed by atoms with E-state index in [4.69, 9.17) is 0 Å². The van der Waals surface area contributed by atoms with Gasteiger partial charge < -0.3 is 10.6 Å². The summed E-state index contributed by atoms with van der Waals surface area (Å²) in [5, 5.41) is 6.80. The van der Waals surface area contributed by atoms with E-state index in [1.54, 1.807) is 0 Å². The molecule has 0 unspecified atom stereocenters. The van der Waals surface area contributed by atoms with Gasteiger partial charge in [-0.15, -0.1) is 0 Å². The minimum absolute atomic E-state index is 0.490. The van der Waals surface area contributed by atoms with E-state index in [9.17, 15) is 0 Å². The molecule has 1 aliphatic rings. The average molecular weight is 248 g/mol. The highest BCUT2D eigenvalue weighted by molar-refractivity contribution is 5.32. The molecule has 1 aliphatic carbocycles. The molecule has 1 heterocycles. The predicted octanol–water partition coefficient (Wildman–Crippen LogP) is 2.50. The van der Waals surface area contributed by atoms with Crippen LogP contribution in [0.4, 0.5) is 5.95 Å². The van der Waals surface area contributed by atoms with Gasteiger partial charge >= 0.3 is 0 Å². The molecule has 4 heteroatoms. The van der Waals surface area contributed by atoms with Crippen molar-refractivity contribution >= 4 is 5.95 Å². The summed E-state index contributed by atoms with van der Waals surface area (Å²) in [4.78, 5) is 9.08. The summed E-state index contributed by atoms with van der Waals surface area (Å²) in [7, 11) is 0. The monoisotopic (exact) mass is 248 g/mol. The second-order valence-electron chi connectivity index (χ2n) is 5.37. The first-order chi connectivity index (χ1) is 8.69. The molecule has 1 aromatic heterocycles. The Bertz CT molecular complexity index is 385. The zero-order chi connectivity index (χ0) is 13.0. The van der Waals surface area contributed by atoms with Gasteiger partial charge in [0.15, 0.2) is 0 Å². The highest BCUT2D eigenvalue weighted by Gasteiger charge is 2.22. The molecule has 0 atom stereocenters. The van der Waals surface area contributed by atoms with Gasteiger partial charge in [-0.2, -0.15) is 0 Å². The van der Waals surface area contributed by atoms with Crippen LogP contribution in [-0.4, -0.2) is 22.1 Å². The largest absolute Gasteiger partial charge is 0.351 e. The lowest BCUT2D eigenvalue weighted by atomic mass is 10.1. The summed E-state index contributed by atoms with van der Waals surface area (Å²) in [5.74, 6) is 0.800. The molecule has 0 bridgehead atoms. The first kappa shape index (κ1) is 13.3. The van der Waals surface area contributed by atoms with Gasteiger partial charge in [0.05, 0.1) is 5.69 Å². The number of nitrogens with one attached hydrogen (secondary N) is 2. The summed E-state index contributed by atoms with van der Waals surface area (Å²) in [6, 6.07) is 1.10. The number of hydrogen-bond donors (Lipinski definition) is 2. The summed E-state index contributed by atoms with van der Waals surface area (Å²) < 4.78 is 0. The maximum absolute atomic E-state index is 4.66. The van der Waals surface area contributed by atoms with E-state index in [-0.39, 0.29) is 0 Å². The molecule has 100 valence electrons. The van der Waals surface area contributed by atoms with Crippen LogP contribution in [0.25, 0.3) is 0 Å². The molecule has 2 rings (SSSR count). The van der Waals surface area contributed by atoms with Crippen LogP contribution < -0.4 is 10.6 Å². The van der Waals surface area contributed by atoms with Gasteiger partial charge in [0.2, 0.25) is 5.95 Å². The number of hydrogen-bond acceptors (Lipinski definition) is 4. The fraction of sp³-hybridized carbons (Fsp3) is 0.714. The number of aryl methyl sites for hydroxylation is 1. The van der Waals surface area contributed by atoms with Gasteiger partial charge in [-0.3, -0.25) is 0 Å². The quantitative estimate of drug-likeness (QED) is 0.778. The summed E-state index contributed by atoms with van der Waals surface area (Å²) in [6.07, 6.45) is 6.62. The van der Waals surface area contributed by atoms with E-state index in [2.05, 4.69) is 41.4 Å². The lowest BCUT2D eigenvalue weighted by Crippen LogP contribution is -2.23. The van der Waals surface area contributed by atoms with Crippen molar-refractivity contribution in [3.63, 3.8) is 0 Å². The zero-order valence-electron chi connectivity index (χ0n) is 11.7. The van der Waals surface area contributed by atoms with Crippen LogP contribution in [0.5, 0.6) is 0 Å². The van der Waals surface area contributed by atoms with Crippen molar-refractivity contribution in [1.82, 2.24) is 15.3 Å². The molecular formula is C14H24N4. The minimum Gasteiger partial charge on any atom is -0.351 e. The first-order valence-electron chi connectivity index (χ1n) is 7.03. The molecule has 0 radical (unpaired) electrons. The molecule has 0 amide bonds. The normalized spacial score (nSPS) is 15.1. The Morgan fingerprint density at radius 2 is 2.17 bits per heavy atom. The van der Waals surface area contributed by atoms with E-state index in [0.717, 1.165) is 25.3 Å². The van der Waals surface area contributed by atoms with Gasteiger partial charge in [-0.1, -0.05) is 27.2 Å². The Balaban J connectivity index is 2.06. The Morgan fingerprint density at radius 3 is 2.78 bits per heavy atom. The van der Waals surface area contributed by atoms with E-state index in [1.807, 2.05) is 6.20 Å². The van der Waals surface area contributed by atoms with Gasteiger partial charge in [-0.25, -0.2) is 9.97 Å². The average Bonchev–Trinajstić information content (AvgIpc) is 3.12. The van der Waals surface area contributed by atoms with E-state index >= 15 is 0 Å². The molecule has 0 spiro atoms. The highest BCUT2D eigenvalue weighted by Crippen LogP contribution is 2.23. The lowest BCUT2D eigenvalue weighted by molar-refractivity contribution is 0.582. The maximum Gasteiger partial charge on any atom is 0.223 e. The molecule has 1 aromatic rings. The first-order valence-corrected chi connectivity index (χ1v) is 7.03. The van der Waals surface area contributed by atoms with Crippen molar-refractivity contribution in [3.8, 4) is 0 Å². The van der Waals surface area contributed by atoms with Crippen molar-refractivity contribution in [1.29, 1.82) is 0 Å². The number of rotatable bonds is 7. The fourth-order valence-electron chi connectivity index (χ4n) is 1.84. The van der Waals surface area contributed by atoms with Gasteiger partial charge in [0.1, 0.15) is 0 Å². The zero-order valence-corrected chi connectivity index (χ0v) is 11.7. The van der Waals surface area contributed by atoms with Crippen LogP contribution in [0.2, 0.25) is 0 Å².